The molecule has 2 aromatic carbocycles. The molecule has 2 N–H and O–H groups in total. The predicted octanol–water partition coefficient (Wildman–Crippen LogP) is 3.72. The lowest BCUT2D eigenvalue weighted by molar-refractivity contribution is -0.141. The highest BCUT2D eigenvalue weighted by molar-refractivity contribution is 5.96. The number of nitrogens with one attached hydrogen (secondary N) is 1. The van der Waals surface area contributed by atoms with Crippen LogP contribution < -0.4 is 5.32 Å². The third-order valence-corrected chi connectivity index (χ3v) is 6.10. The van der Waals surface area contributed by atoms with Gasteiger partial charge in [0, 0.05) is 18.5 Å². The fourth-order valence-electron chi connectivity index (χ4n) is 4.58. The van der Waals surface area contributed by atoms with E-state index < -0.39 is 24.0 Å². The van der Waals surface area contributed by atoms with Crippen molar-refractivity contribution in [3.05, 3.63) is 71.4 Å². The smallest absolute Gasteiger partial charge is 0.414 e. The first-order chi connectivity index (χ1) is 16.0. The van der Waals surface area contributed by atoms with Gasteiger partial charge in [0.1, 0.15) is 12.6 Å². The number of carboxylic acids is 1. The summed E-state index contributed by atoms with van der Waals surface area (Å²) in [6.45, 7) is 0.464. The molecule has 1 fully saturated rings. The zero-order valence-corrected chi connectivity index (χ0v) is 17.6. The Bertz CT molecular complexity index is 1190. The minimum absolute atomic E-state index is 0.0540. The Hall–Kier alpha value is -4.14. The van der Waals surface area contributed by atoms with Crippen LogP contribution in [0.25, 0.3) is 11.1 Å². The van der Waals surface area contributed by atoms with Gasteiger partial charge >= 0.3 is 12.1 Å². The van der Waals surface area contributed by atoms with Crippen LogP contribution in [-0.4, -0.2) is 52.3 Å². The zero-order valence-electron chi connectivity index (χ0n) is 17.6. The van der Waals surface area contributed by atoms with E-state index in [4.69, 9.17) is 9.26 Å². The van der Waals surface area contributed by atoms with Gasteiger partial charge in [-0.15, -0.1) is 0 Å². The molecule has 0 radical (unpaired) electrons. The minimum atomic E-state index is -1.05. The van der Waals surface area contributed by atoms with Gasteiger partial charge < -0.3 is 19.3 Å². The third-order valence-electron chi connectivity index (χ3n) is 6.10. The van der Waals surface area contributed by atoms with Gasteiger partial charge in [0.2, 0.25) is 5.88 Å². The Balaban J connectivity index is 1.23. The van der Waals surface area contributed by atoms with E-state index in [-0.39, 0.29) is 24.1 Å². The largest absolute Gasteiger partial charge is 0.480 e. The molecule has 1 atom stereocenters. The molecule has 1 aromatic heterocycles. The number of aliphatic carboxylic acids is 1. The molecule has 0 bridgehead atoms. The summed E-state index contributed by atoms with van der Waals surface area (Å²) in [5.41, 5.74) is 4.37. The van der Waals surface area contributed by atoms with Crippen LogP contribution >= 0.6 is 0 Å². The van der Waals surface area contributed by atoms with Gasteiger partial charge in [0.05, 0.1) is 0 Å². The molecule has 9 nitrogen and oxygen atoms in total. The summed E-state index contributed by atoms with van der Waals surface area (Å²) in [6.07, 6.45) is 0.256. The molecule has 0 saturated carbocycles. The number of hydrogen-bond acceptors (Lipinski definition) is 6. The number of carbonyl (C=O) groups is 3. The Labute approximate surface area is 188 Å². The van der Waals surface area contributed by atoms with E-state index in [9.17, 15) is 19.5 Å². The van der Waals surface area contributed by atoms with Gasteiger partial charge in [-0.2, -0.15) is 0 Å². The molecular formula is C24H21N3O6. The van der Waals surface area contributed by atoms with Crippen molar-refractivity contribution in [2.45, 2.75) is 24.8 Å². The van der Waals surface area contributed by atoms with Crippen LogP contribution in [0.15, 0.2) is 59.1 Å². The van der Waals surface area contributed by atoms with Gasteiger partial charge in [-0.05, 0) is 35.1 Å². The average molecular weight is 447 g/mol. The molecule has 1 aliphatic heterocycles. The van der Waals surface area contributed by atoms with E-state index in [2.05, 4.69) is 22.6 Å². The number of benzene rings is 2. The zero-order chi connectivity index (χ0) is 22.9. The first-order valence-corrected chi connectivity index (χ1v) is 10.7. The first-order valence-electron chi connectivity index (χ1n) is 10.7. The molecule has 2 aliphatic rings. The molecular weight excluding hydrogens is 426 g/mol. The Morgan fingerprint density at radius 3 is 2.42 bits per heavy atom. The van der Waals surface area contributed by atoms with Crippen LogP contribution in [0.1, 0.15) is 40.4 Å². The van der Waals surface area contributed by atoms with Crippen molar-refractivity contribution < 1.29 is 28.8 Å². The SMILES string of the molecule is O=C(Nc1cc(C(=O)N2CCC[C@@H]2C(=O)O)no1)OCC1c2ccccc2-c2ccccc21. The van der Waals surface area contributed by atoms with Gasteiger partial charge in [-0.3, -0.25) is 10.1 Å². The number of carbonyl (C=O) groups excluding carboxylic acids is 2. The Kier molecular flexibility index (Phi) is 5.29. The quantitative estimate of drug-likeness (QED) is 0.611. The normalized spacial score (nSPS) is 16.8. The van der Waals surface area contributed by atoms with E-state index in [1.54, 1.807) is 0 Å². The summed E-state index contributed by atoms with van der Waals surface area (Å²) in [4.78, 5) is 37.5. The van der Waals surface area contributed by atoms with Gasteiger partial charge in [-0.1, -0.05) is 53.7 Å². The first kappa shape index (κ1) is 20.7. The van der Waals surface area contributed by atoms with Crippen LogP contribution in [0.5, 0.6) is 0 Å². The third kappa shape index (κ3) is 3.82. The van der Waals surface area contributed by atoms with Crippen molar-refractivity contribution >= 4 is 23.9 Å². The molecule has 168 valence electrons. The molecule has 1 aliphatic carbocycles. The van der Waals surface area contributed by atoms with Crippen molar-refractivity contribution in [1.29, 1.82) is 0 Å². The molecule has 0 spiro atoms. The topological polar surface area (TPSA) is 122 Å². The molecule has 0 unspecified atom stereocenters. The molecule has 5 rings (SSSR count). The van der Waals surface area contributed by atoms with Crippen LogP contribution in [-0.2, 0) is 9.53 Å². The van der Waals surface area contributed by atoms with Crippen LogP contribution in [0.3, 0.4) is 0 Å². The number of rotatable bonds is 5. The number of carboxylic acid groups (broad SMARTS) is 1. The van der Waals surface area contributed by atoms with E-state index in [0.29, 0.717) is 19.4 Å². The molecule has 2 heterocycles. The fourth-order valence-corrected chi connectivity index (χ4v) is 4.58. The molecule has 1 saturated heterocycles. The van der Waals surface area contributed by atoms with Crippen molar-refractivity contribution in [3.8, 4) is 11.1 Å². The molecule has 9 heteroatoms. The van der Waals surface area contributed by atoms with Crippen LogP contribution in [0.2, 0.25) is 0 Å². The lowest BCUT2D eigenvalue weighted by Gasteiger charge is -2.19. The van der Waals surface area contributed by atoms with Gasteiger partial charge in [0.25, 0.3) is 5.91 Å². The van der Waals surface area contributed by atoms with Crippen molar-refractivity contribution in [2.24, 2.45) is 0 Å². The maximum atomic E-state index is 12.6. The van der Waals surface area contributed by atoms with Gasteiger partial charge in [0.15, 0.2) is 5.69 Å². The van der Waals surface area contributed by atoms with Crippen molar-refractivity contribution in [2.75, 3.05) is 18.5 Å². The van der Waals surface area contributed by atoms with E-state index >= 15 is 0 Å². The monoisotopic (exact) mass is 447 g/mol. The second kappa shape index (κ2) is 8.42. The van der Waals surface area contributed by atoms with E-state index in [1.807, 2.05) is 36.4 Å². The second-order valence-electron chi connectivity index (χ2n) is 8.02. The minimum Gasteiger partial charge on any atom is -0.480 e. The molecule has 2 amide bonds. The summed E-state index contributed by atoms with van der Waals surface area (Å²) in [7, 11) is 0. The number of amides is 2. The number of nitrogens with zero attached hydrogens (tertiary/aromatic N) is 2. The summed E-state index contributed by atoms with van der Waals surface area (Å²) in [5, 5.41) is 15.4. The number of aromatic nitrogens is 1. The Morgan fingerprint density at radius 1 is 1.09 bits per heavy atom. The average Bonchev–Trinajstić information content (AvgIpc) is 3.55. The summed E-state index contributed by atoms with van der Waals surface area (Å²) < 4.78 is 10.5. The lowest BCUT2D eigenvalue weighted by atomic mass is 9.98. The maximum Gasteiger partial charge on any atom is 0.414 e. The highest BCUT2D eigenvalue weighted by Gasteiger charge is 2.36. The fraction of sp³-hybridized carbons (Fsp3) is 0.250. The Morgan fingerprint density at radius 2 is 1.76 bits per heavy atom. The lowest BCUT2D eigenvalue weighted by Crippen LogP contribution is -2.40. The van der Waals surface area contributed by atoms with Crippen LogP contribution in [0, 0.1) is 0 Å². The predicted molar refractivity (Wildman–Crippen MR) is 117 cm³/mol. The molecule has 3 aromatic rings. The second-order valence-corrected chi connectivity index (χ2v) is 8.02. The summed E-state index contributed by atoms with van der Waals surface area (Å²) in [6, 6.07) is 16.4. The van der Waals surface area contributed by atoms with Gasteiger partial charge in [-0.25, -0.2) is 9.59 Å². The highest BCUT2D eigenvalue weighted by atomic mass is 16.6. The van der Waals surface area contributed by atoms with Crippen molar-refractivity contribution in [1.82, 2.24) is 10.1 Å². The highest BCUT2D eigenvalue weighted by Crippen LogP contribution is 2.44. The van der Waals surface area contributed by atoms with Crippen LogP contribution in [0.4, 0.5) is 10.7 Å². The van der Waals surface area contributed by atoms with E-state index in [1.165, 1.54) is 11.0 Å². The number of hydrogen-bond donors (Lipinski definition) is 2. The number of likely N-dealkylation sites (tertiary alicyclic amines) is 1. The summed E-state index contributed by atoms with van der Waals surface area (Å²) >= 11 is 0. The van der Waals surface area contributed by atoms with Crippen molar-refractivity contribution in [3.63, 3.8) is 0 Å². The summed E-state index contributed by atoms with van der Waals surface area (Å²) in [5.74, 6) is -1.75. The molecule has 33 heavy (non-hydrogen) atoms. The number of fused-ring (bicyclic) bond motifs is 3. The number of ether oxygens (including phenoxy) is 1. The van der Waals surface area contributed by atoms with E-state index in [0.717, 1.165) is 22.3 Å². The number of anilines is 1. The maximum absolute atomic E-state index is 12.6. The standard InChI is InChI=1S/C24H21N3O6/c28-22(27-11-5-10-20(27)23(29)30)19-12-21(33-26-19)25-24(31)32-13-18-16-8-3-1-6-14(16)15-7-2-4-9-17(15)18/h1-4,6-9,12,18,20H,5,10-11,13H2,(H,25,31)(H,29,30)/t20-/m1/s1.